The minimum atomic E-state index is -4.58. The van der Waals surface area contributed by atoms with Crippen molar-refractivity contribution in [2.75, 3.05) is 51.0 Å². The number of allylic oxidation sites excluding steroid dienone is 2. The molecule has 2 fully saturated rings. The van der Waals surface area contributed by atoms with Crippen LogP contribution in [0, 0.1) is 11.3 Å². The lowest BCUT2D eigenvalue weighted by atomic mass is 9.87. The number of piperidine rings is 1. The summed E-state index contributed by atoms with van der Waals surface area (Å²) in [4.78, 5) is 20.4. The largest absolute Gasteiger partial charge is 0.393 e. The number of nitriles is 1. The Morgan fingerprint density at radius 1 is 1.04 bits per heavy atom. The predicted octanol–water partition coefficient (Wildman–Crippen LogP) is 9.04. The summed E-state index contributed by atoms with van der Waals surface area (Å²) in [7, 11) is 3.41. The molecule has 1 aromatic heterocycles. The van der Waals surface area contributed by atoms with Crippen molar-refractivity contribution in [3.63, 3.8) is 0 Å². The van der Waals surface area contributed by atoms with E-state index in [1.165, 1.54) is 35.2 Å². The molecule has 3 heterocycles. The van der Waals surface area contributed by atoms with Gasteiger partial charge in [0.15, 0.2) is 0 Å². The first-order chi connectivity index (χ1) is 25.9. The van der Waals surface area contributed by atoms with Gasteiger partial charge in [-0.2, -0.15) is 18.4 Å². The second-order valence-electron chi connectivity index (χ2n) is 13.9. The fourth-order valence-electron chi connectivity index (χ4n) is 6.76. The molecule has 54 heavy (non-hydrogen) atoms. The number of benzene rings is 2. The average Bonchev–Trinajstić information content (AvgIpc) is 3.16. The Balaban J connectivity index is 1.53. The molecule has 2 saturated heterocycles. The van der Waals surface area contributed by atoms with Crippen LogP contribution in [0.25, 0.3) is 17.0 Å². The number of carbonyl (C=O) groups is 1. The van der Waals surface area contributed by atoms with E-state index >= 15 is 4.39 Å². The number of halogens is 4. The van der Waals surface area contributed by atoms with E-state index in [9.17, 15) is 23.2 Å². The molecule has 2 aromatic carbocycles. The van der Waals surface area contributed by atoms with Gasteiger partial charge >= 0.3 is 6.18 Å². The number of hydrogen-bond acceptors (Lipinski definition) is 7. The standard InChI is InChI=1S/C42H48F4N6O2/c1-4-9-36(43)34-24-31(17-19-37(34)50-39-11-5-6-23-54-39)41(35(25-42(44,45)46)30-15-13-29(26-47)14-16-30)32-18-20-38(48-27-32)49-33-10-7-21-52(28-33)22-8-12-40(53)51(2)3/h8-9,12-20,24,27,33,39,50H,4-7,10-11,21-23,25,28H2,1-3H3,(H,48,49)/b12-8+,36-9-,41-35-. The summed E-state index contributed by atoms with van der Waals surface area (Å²) in [5.41, 5.74) is 2.35. The number of nitrogens with one attached hydrogen (secondary N) is 2. The zero-order valence-electron chi connectivity index (χ0n) is 31.1. The van der Waals surface area contributed by atoms with Gasteiger partial charge in [0.1, 0.15) is 17.9 Å². The van der Waals surface area contributed by atoms with E-state index in [1.807, 2.05) is 19.1 Å². The Hall–Kier alpha value is -4.99. The Kier molecular flexibility index (Phi) is 14.0. The molecule has 5 rings (SSSR count). The third-order valence-electron chi connectivity index (χ3n) is 9.46. The van der Waals surface area contributed by atoms with Crippen molar-refractivity contribution in [1.29, 1.82) is 5.26 Å². The highest BCUT2D eigenvalue weighted by Gasteiger charge is 2.32. The summed E-state index contributed by atoms with van der Waals surface area (Å²) in [6.07, 6.45) is 5.21. The van der Waals surface area contributed by atoms with Crippen LogP contribution in [0.2, 0.25) is 0 Å². The fourth-order valence-corrected chi connectivity index (χ4v) is 6.76. The van der Waals surface area contributed by atoms with Gasteiger partial charge in [-0.3, -0.25) is 9.69 Å². The minimum Gasteiger partial charge on any atom is -0.366 e. The topological polar surface area (TPSA) is 93.5 Å². The van der Waals surface area contributed by atoms with Crippen molar-refractivity contribution in [2.45, 2.75) is 70.3 Å². The van der Waals surface area contributed by atoms with Crippen molar-refractivity contribution in [3.05, 3.63) is 107 Å². The minimum absolute atomic E-state index is 0.0274. The lowest BCUT2D eigenvalue weighted by Crippen LogP contribution is -2.42. The second-order valence-corrected chi connectivity index (χ2v) is 13.9. The van der Waals surface area contributed by atoms with E-state index in [4.69, 9.17) is 4.74 Å². The molecule has 8 nitrogen and oxygen atoms in total. The van der Waals surface area contributed by atoms with Crippen molar-refractivity contribution in [3.8, 4) is 6.07 Å². The maximum Gasteiger partial charge on any atom is 0.393 e. The Labute approximate surface area is 315 Å². The lowest BCUT2D eigenvalue weighted by molar-refractivity contribution is -0.124. The highest BCUT2D eigenvalue weighted by atomic mass is 19.4. The van der Waals surface area contributed by atoms with Gasteiger partial charge in [-0.1, -0.05) is 31.2 Å². The number of aromatic nitrogens is 1. The molecular weight excluding hydrogens is 696 g/mol. The van der Waals surface area contributed by atoms with Crippen molar-refractivity contribution in [2.24, 2.45) is 0 Å². The van der Waals surface area contributed by atoms with E-state index in [2.05, 4.69) is 20.5 Å². The number of hydrogen-bond donors (Lipinski definition) is 2. The number of pyridine rings is 1. The molecule has 0 saturated carbocycles. The summed E-state index contributed by atoms with van der Waals surface area (Å²) in [5, 5.41) is 16.2. The number of likely N-dealkylation sites (tertiary alicyclic amines) is 1. The first kappa shape index (κ1) is 40.2. The molecule has 2 N–H and O–H groups in total. The lowest BCUT2D eigenvalue weighted by Gasteiger charge is -2.32. The molecule has 286 valence electrons. The number of carbonyl (C=O) groups excluding carboxylic acids is 1. The normalized spacial score (nSPS) is 18.9. The number of amides is 1. The number of rotatable bonds is 13. The van der Waals surface area contributed by atoms with Gasteiger partial charge in [0.25, 0.3) is 0 Å². The van der Waals surface area contributed by atoms with Crippen LogP contribution in [0.15, 0.2) is 79.0 Å². The zero-order valence-corrected chi connectivity index (χ0v) is 31.1. The predicted molar refractivity (Wildman–Crippen MR) is 206 cm³/mol. The molecular formula is C42H48F4N6O2. The maximum absolute atomic E-state index is 15.8. The van der Waals surface area contributed by atoms with Gasteiger partial charge in [0, 0.05) is 68.9 Å². The van der Waals surface area contributed by atoms with Crippen LogP contribution in [0.3, 0.4) is 0 Å². The molecule has 0 spiro atoms. The zero-order chi connectivity index (χ0) is 38.7. The van der Waals surface area contributed by atoms with Gasteiger partial charge < -0.3 is 20.3 Å². The summed E-state index contributed by atoms with van der Waals surface area (Å²) in [5.74, 6) is 0.00723. The number of alkyl halides is 3. The Morgan fingerprint density at radius 3 is 2.44 bits per heavy atom. The summed E-state index contributed by atoms with van der Waals surface area (Å²) in [6.45, 7) is 4.66. The number of likely N-dealkylation sites (N-methyl/N-ethyl adjacent to an activating group) is 1. The molecule has 2 unspecified atom stereocenters. The van der Waals surface area contributed by atoms with Gasteiger partial charge in [-0.25, -0.2) is 9.37 Å². The average molecular weight is 745 g/mol. The molecule has 1 amide bonds. The van der Waals surface area contributed by atoms with Crippen LogP contribution >= 0.6 is 0 Å². The summed E-state index contributed by atoms with van der Waals surface area (Å²) < 4.78 is 65.0. The summed E-state index contributed by atoms with van der Waals surface area (Å²) >= 11 is 0. The number of ether oxygens (including phenoxy) is 1. The Bertz CT molecular complexity index is 1860. The van der Waals surface area contributed by atoms with Gasteiger partial charge in [-0.05, 0) is 110 Å². The van der Waals surface area contributed by atoms with Gasteiger partial charge in [0.05, 0.1) is 18.1 Å². The molecule has 0 aliphatic carbocycles. The van der Waals surface area contributed by atoms with E-state index in [0.717, 1.165) is 45.2 Å². The van der Waals surface area contributed by atoms with Gasteiger partial charge in [0.2, 0.25) is 5.91 Å². The monoisotopic (exact) mass is 744 g/mol. The molecule has 2 aliphatic heterocycles. The van der Waals surface area contributed by atoms with Crippen LogP contribution in [0.4, 0.5) is 29.1 Å². The maximum atomic E-state index is 15.8. The van der Waals surface area contributed by atoms with Crippen LogP contribution in [-0.2, 0) is 9.53 Å². The van der Waals surface area contributed by atoms with Crippen molar-refractivity contribution < 1.29 is 27.1 Å². The molecule has 2 aliphatic rings. The number of nitrogens with zero attached hydrogens (tertiary/aromatic N) is 4. The molecule has 2 atom stereocenters. The van der Waals surface area contributed by atoms with Crippen LogP contribution in [0.1, 0.15) is 79.7 Å². The van der Waals surface area contributed by atoms with Crippen molar-refractivity contribution >= 4 is 34.4 Å². The first-order valence-electron chi connectivity index (χ1n) is 18.5. The fraction of sp³-hybridized carbons (Fsp3) is 0.405. The smallest absolute Gasteiger partial charge is 0.366 e. The van der Waals surface area contributed by atoms with Crippen molar-refractivity contribution in [1.82, 2.24) is 14.8 Å². The molecule has 0 radical (unpaired) electrons. The highest BCUT2D eigenvalue weighted by molar-refractivity contribution is 5.99. The molecule has 3 aromatic rings. The van der Waals surface area contributed by atoms with Crippen LogP contribution < -0.4 is 10.6 Å². The van der Waals surface area contributed by atoms with E-state index < -0.39 is 18.4 Å². The molecule has 12 heteroatoms. The van der Waals surface area contributed by atoms with E-state index in [0.29, 0.717) is 47.8 Å². The second kappa shape index (κ2) is 18.9. The van der Waals surface area contributed by atoms with E-state index in [1.54, 1.807) is 56.7 Å². The van der Waals surface area contributed by atoms with Gasteiger partial charge in [-0.15, -0.1) is 0 Å². The third-order valence-corrected chi connectivity index (χ3v) is 9.46. The quantitative estimate of drug-likeness (QED) is 0.103. The third kappa shape index (κ3) is 11.3. The first-order valence-corrected chi connectivity index (χ1v) is 18.5. The SMILES string of the molecule is CC/C=C(\F)c1cc(/C(=C(\CC(F)(F)F)c2ccc(C#N)cc2)c2ccc(NC3CCCN(C/C=C/C(=O)N(C)C)C3)nc2)ccc1NC1CCCCO1. The highest BCUT2D eigenvalue weighted by Crippen LogP contribution is 2.41. The summed E-state index contributed by atoms with van der Waals surface area (Å²) in [6, 6.07) is 16.6. The van der Waals surface area contributed by atoms with E-state index in [-0.39, 0.29) is 40.5 Å². The number of anilines is 2. The Morgan fingerprint density at radius 2 is 1.80 bits per heavy atom. The molecule has 0 bridgehead atoms. The van der Waals surface area contributed by atoms with Crippen LogP contribution in [-0.4, -0.2) is 79.5 Å². The van der Waals surface area contributed by atoms with Crippen LogP contribution in [0.5, 0.6) is 0 Å².